The van der Waals surface area contributed by atoms with Crippen molar-refractivity contribution in [2.75, 3.05) is 0 Å². The summed E-state index contributed by atoms with van der Waals surface area (Å²) in [7, 11) is 0. The lowest BCUT2D eigenvalue weighted by atomic mass is 9.90. The van der Waals surface area contributed by atoms with Crippen molar-refractivity contribution < 1.29 is 0 Å². The van der Waals surface area contributed by atoms with Crippen LogP contribution in [-0.2, 0) is 0 Å². The molecule has 0 saturated heterocycles. The first kappa shape index (κ1) is 23.0. The van der Waals surface area contributed by atoms with E-state index in [0.717, 1.165) is 0 Å². The maximum Gasteiger partial charge on any atom is -0.0105 e. The van der Waals surface area contributed by atoms with Gasteiger partial charge in [-0.25, -0.2) is 0 Å². The smallest absolute Gasteiger partial charge is 0.0105 e. The van der Waals surface area contributed by atoms with Crippen molar-refractivity contribution in [1.82, 2.24) is 0 Å². The molecular weight excluding hydrogens is 444 g/mol. The lowest BCUT2D eigenvalue weighted by molar-refractivity contribution is 1.40. The monoisotopic (exact) mass is 474 g/mol. The molecule has 0 aliphatic carbocycles. The van der Waals surface area contributed by atoms with Gasteiger partial charge in [0.25, 0.3) is 0 Å². The highest BCUT2D eigenvalue weighted by Crippen LogP contribution is 2.35. The van der Waals surface area contributed by atoms with Gasteiger partial charge in [-0.15, -0.1) is 0 Å². The van der Waals surface area contributed by atoms with Crippen LogP contribution in [0.4, 0.5) is 0 Å². The summed E-state index contributed by atoms with van der Waals surface area (Å²) < 4.78 is 0. The van der Waals surface area contributed by atoms with E-state index in [2.05, 4.69) is 148 Å². The Morgan fingerprint density at radius 3 is 1.59 bits per heavy atom. The molecule has 0 heterocycles. The summed E-state index contributed by atoms with van der Waals surface area (Å²) >= 11 is 0. The second-order valence-corrected chi connectivity index (χ2v) is 10.0. The predicted molar refractivity (Wildman–Crippen MR) is 160 cm³/mol. The van der Waals surface area contributed by atoms with Crippen LogP contribution < -0.4 is 0 Å². The van der Waals surface area contributed by atoms with Crippen LogP contribution in [0.1, 0.15) is 16.7 Å². The molecule has 0 amide bonds. The number of hydrogen-bond donors (Lipinski definition) is 0. The second kappa shape index (κ2) is 9.56. The Hall–Kier alpha value is -4.42. The van der Waals surface area contributed by atoms with Gasteiger partial charge in [0.1, 0.15) is 0 Å². The molecule has 0 heteroatoms. The predicted octanol–water partition coefficient (Wildman–Crippen LogP) is 10.4. The Morgan fingerprint density at radius 2 is 0.892 bits per heavy atom. The van der Waals surface area contributed by atoms with E-state index in [1.54, 1.807) is 0 Å². The van der Waals surface area contributed by atoms with Gasteiger partial charge in [0.2, 0.25) is 0 Å². The van der Waals surface area contributed by atoms with E-state index < -0.39 is 0 Å². The Balaban J connectivity index is 1.34. The highest BCUT2D eigenvalue weighted by atomic mass is 14.1. The zero-order valence-corrected chi connectivity index (χ0v) is 21.6. The van der Waals surface area contributed by atoms with Gasteiger partial charge in [0, 0.05) is 0 Å². The highest BCUT2D eigenvalue weighted by Gasteiger charge is 2.10. The molecule has 0 aliphatic rings. The second-order valence-electron chi connectivity index (χ2n) is 10.0. The number of fused-ring (bicyclic) bond motifs is 1. The van der Waals surface area contributed by atoms with E-state index in [1.165, 1.54) is 72.0 Å². The first-order chi connectivity index (χ1) is 18.1. The summed E-state index contributed by atoms with van der Waals surface area (Å²) in [5.41, 5.74) is 14.0. The standard InChI is InChI=1S/C37H30/c1-25-14-16-28(17-15-25)31-18-20-34(26(2)22-31)35-21-19-32(23-27(35)3)30-10-6-11-33(24-30)37-13-7-9-29-8-4-5-12-36(29)37/h4-24H,1-3H3. The highest BCUT2D eigenvalue weighted by molar-refractivity contribution is 5.97. The Kier molecular flexibility index (Phi) is 5.94. The van der Waals surface area contributed by atoms with E-state index in [9.17, 15) is 0 Å². The lowest BCUT2D eigenvalue weighted by Gasteiger charge is -2.14. The summed E-state index contributed by atoms with van der Waals surface area (Å²) in [6.07, 6.45) is 0. The van der Waals surface area contributed by atoms with E-state index in [-0.39, 0.29) is 0 Å². The summed E-state index contributed by atoms with van der Waals surface area (Å²) in [6.45, 7) is 6.57. The van der Waals surface area contributed by atoms with Crippen LogP contribution >= 0.6 is 0 Å². The summed E-state index contributed by atoms with van der Waals surface area (Å²) in [5, 5.41) is 2.56. The van der Waals surface area contributed by atoms with Gasteiger partial charge >= 0.3 is 0 Å². The first-order valence-electron chi connectivity index (χ1n) is 12.9. The van der Waals surface area contributed by atoms with Gasteiger partial charge in [-0.1, -0.05) is 127 Å². The maximum atomic E-state index is 2.32. The molecule has 0 spiro atoms. The van der Waals surface area contributed by atoms with E-state index in [1.807, 2.05) is 0 Å². The van der Waals surface area contributed by atoms with E-state index >= 15 is 0 Å². The number of aryl methyl sites for hydroxylation is 3. The Morgan fingerprint density at radius 1 is 0.351 bits per heavy atom. The summed E-state index contributed by atoms with van der Waals surface area (Å²) in [6, 6.07) is 46.5. The van der Waals surface area contributed by atoms with Crippen LogP contribution in [-0.4, -0.2) is 0 Å². The molecule has 0 unspecified atom stereocenters. The van der Waals surface area contributed by atoms with E-state index in [0.29, 0.717) is 0 Å². The van der Waals surface area contributed by atoms with Crippen LogP contribution in [0.5, 0.6) is 0 Å². The molecule has 0 nitrogen and oxygen atoms in total. The normalized spacial score (nSPS) is 11.1. The van der Waals surface area contributed by atoms with Gasteiger partial charge in [-0.2, -0.15) is 0 Å². The third-order valence-electron chi connectivity index (χ3n) is 7.42. The molecule has 0 bridgehead atoms. The van der Waals surface area contributed by atoms with Crippen molar-refractivity contribution in [3.05, 3.63) is 144 Å². The van der Waals surface area contributed by atoms with Crippen molar-refractivity contribution >= 4 is 10.8 Å². The fourth-order valence-corrected chi connectivity index (χ4v) is 5.38. The average Bonchev–Trinajstić information content (AvgIpc) is 2.93. The first-order valence-corrected chi connectivity index (χ1v) is 12.9. The minimum absolute atomic E-state index is 1.24. The maximum absolute atomic E-state index is 2.32. The van der Waals surface area contributed by atoms with Gasteiger partial charge in [-0.3, -0.25) is 0 Å². The van der Waals surface area contributed by atoms with Crippen LogP contribution in [0.25, 0.3) is 55.3 Å². The molecule has 6 rings (SSSR count). The average molecular weight is 475 g/mol. The number of rotatable bonds is 4. The van der Waals surface area contributed by atoms with Crippen molar-refractivity contribution in [1.29, 1.82) is 0 Å². The molecule has 6 aromatic rings. The Bertz CT molecular complexity index is 1730. The molecule has 0 saturated carbocycles. The fraction of sp³-hybridized carbons (Fsp3) is 0.0811. The molecular formula is C37H30. The van der Waals surface area contributed by atoms with Crippen molar-refractivity contribution in [2.45, 2.75) is 20.8 Å². The molecule has 0 fully saturated rings. The molecule has 6 aromatic carbocycles. The van der Waals surface area contributed by atoms with Gasteiger partial charge in [-0.05, 0) is 93.2 Å². The Labute approximate surface area is 219 Å². The molecule has 0 aromatic heterocycles. The van der Waals surface area contributed by atoms with Gasteiger partial charge in [0.15, 0.2) is 0 Å². The SMILES string of the molecule is Cc1ccc(-c2ccc(-c3ccc(-c4cccc(-c5cccc6ccccc56)c4)cc3C)c(C)c2)cc1. The van der Waals surface area contributed by atoms with Crippen molar-refractivity contribution in [3.63, 3.8) is 0 Å². The zero-order valence-electron chi connectivity index (χ0n) is 21.6. The third kappa shape index (κ3) is 4.47. The van der Waals surface area contributed by atoms with Gasteiger partial charge < -0.3 is 0 Å². The van der Waals surface area contributed by atoms with Crippen LogP contribution in [0, 0.1) is 20.8 Å². The molecule has 0 atom stereocenters. The minimum atomic E-state index is 1.24. The van der Waals surface area contributed by atoms with Crippen molar-refractivity contribution in [3.8, 4) is 44.5 Å². The minimum Gasteiger partial charge on any atom is -0.0616 e. The largest absolute Gasteiger partial charge is 0.0616 e. The fourth-order valence-electron chi connectivity index (χ4n) is 5.38. The lowest BCUT2D eigenvalue weighted by Crippen LogP contribution is -1.90. The zero-order chi connectivity index (χ0) is 25.4. The van der Waals surface area contributed by atoms with Crippen LogP contribution in [0.3, 0.4) is 0 Å². The molecule has 178 valence electrons. The topological polar surface area (TPSA) is 0 Å². The quantitative estimate of drug-likeness (QED) is 0.238. The summed E-state index contributed by atoms with van der Waals surface area (Å²) in [5.74, 6) is 0. The molecule has 0 aliphatic heterocycles. The van der Waals surface area contributed by atoms with Gasteiger partial charge in [0.05, 0.1) is 0 Å². The third-order valence-corrected chi connectivity index (χ3v) is 7.42. The molecule has 0 radical (unpaired) electrons. The number of benzene rings is 6. The molecule has 0 N–H and O–H groups in total. The van der Waals surface area contributed by atoms with E-state index in [4.69, 9.17) is 0 Å². The number of hydrogen-bond acceptors (Lipinski definition) is 0. The summed E-state index contributed by atoms with van der Waals surface area (Å²) in [4.78, 5) is 0. The van der Waals surface area contributed by atoms with Crippen LogP contribution in [0.15, 0.2) is 127 Å². The van der Waals surface area contributed by atoms with Crippen molar-refractivity contribution in [2.24, 2.45) is 0 Å². The molecule has 37 heavy (non-hydrogen) atoms. The van der Waals surface area contributed by atoms with Crippen LogP contribution in [0.2, 0.25) is 0 Å².